The average molecular weight is 325 g/mol. The highest BCUT2D eigenvalue weighted by Crippen LogP contribution is 2.18. The molecule has 0 saturated carbocycles. The van der Waals surface area contributed by atoms with Gasteiger partial charge in [-0.05, 0) is 31.5 Å². The molecule has 0 radical (unpaired) electrons. The summed E-state index contributed by atoms with van der Waals surface area (Å²) in [5, 5.41) is 0. The molecule has 102 valence electrons. The van der Waals surface area contributed by atoms with Crippen LogP contribution in [-0.4, -0.2) is 35.7 Å². The van der Waals surface area contributed by atoms with Crippen molar-refractivity contribution in [3.8, 4) is 0 Å². The van der Waals surface area contributed by atoms with E-state index in [4.69, 9.17) is 5.73 Å². The molecule has 4 nitrogen and oxygen atoms in total. The molecule has 1 unspecified atom stereocenters. The maximum atomic E-state index is 12.2. The van der Waals surface area contributed by atoms with Gasteiger partial charge >= 0.3 is 0 Å². The van der Waals surface area contributed by atoms with Gasteiger partial charge in [-0.15, -0.1) is 0 Å². The topological polar surface area (TPSA) is 63.4 Å². The number of amides is 1. The van der Waals surface area contributed by atoms with Crippen LogP contribution >= 0.6 is 15.9 Å². The minimum absolute atomic E-state index is 0.0284. The maximum Gasteiger partial charge on any atom is 0.234 e. The lowest BCUT2D eigenvalue weighted by molar-refractivity contribution is -0.124. The lowest BCUT2D eigenvalue weighted by atomic mass is 10.0. The van der Waals surface area contributed by atoms with E-state index in [0.29, 0.717) is 5.56 Å². The normalized spacial score (nSPS) is 20.2. The first-order valence-corrected chi connectivity index (χ1v) is 7.19. The molecule has 0 aliphatic carbocycles. The van der Waals surface area contributed by atoms with Crippen molar-refractivity contribution in [2.45, 2.75) is 25.3 Å². The molecule has 1 atom stereocenters. The molecule has 2 N–H and O–H groups in total. The maximum absolute atomic E-state index is 12.2. The van der Waals surface area contributed by atoms with Gasteiger partial charge in [0.25, 0.3) is 0 Å². The molecule has 1 amide bonds. The third kappa shape index (κ3) is 3.64. The zero-order chi connectivity index (χ0) is 13.8. The highest BCUT2D eigenvalue weighted by atomic mass is 79.9. The molecule has 1 saturated heterocycles. The lowest BCUT2D eigenvalue weighted by Crippen LogP contribution is -2.49. The van der Waals surface area contributed by atoms with Crippen LogP contribution in [0.3, 0.4) is 0 Å². The van der Waals surface area contributed by atoms with Gasteiger partial charge < -0.3 is 5.73 Å². The van der Waals surface area contributed by atoms with E-state index in [0.717, 1.165) is 30.3 Å². The first kappa shape index (κ1) is 14.2. The molecule has 0 spiro atoms. The van der Waals surface area contributed by atoms with Crippen molar-refractivity contribution in [3.05, 3.63) is 34.3 Å². The Balaban J connectivity index is 2.04. The van der Waals surface area contributed by atoms with E-state index in [1.165, 1.54) is 0 Å². The number of piperidine rings is 1. The number of carbonyl (C=O) groups is 2. The van der Waals surface area contributed by atoms with Gasteiger partial charge in [0, 0.05) is 10.0 Å². The fourth-order valence-electron chi connectivity index (χ4n) is 2.41. The van der Waals surface area contributed by atoms with E-state index in [9.17, 15) is 9.59 Å². The van der Waals surface area contributed by atoms with Crippen molar-refractivity contribution in [1.82, 2.24) is 4.90 Å². The molecule has 1 heterocycles. The monoisotopic (exact) mass is 324 g/mol. The Morgan fingerprint density at radius 1 is 1.26 bits per heavy atom. The number of benzene rings is 1. The number of nitrogens with two attached hydrogens (primary N) is 1. The van der Waals surface area contributed by atoms with Gasteiger partial charge in [-0.1, -0.05) is 34.5 Å². The molecular formula is C14H17BrN2O2. The fourth-order valence-corrected chi connectivity index (χ4v) is 2.68. The number of ketones is 1. The molecule has 0 bridgehead atoms. The average Bonchev–Trinajstić information content (AvgIpc) is 2.39. The highest BCUT2D eigenvalue weighted by Gasteiger charge is 2.28. The van der Waals surface area contributed by atoms with Crippen LogP contribution in [0.15, 0.2) is 28.7 Å². The summed E-state index contributed by atoms with van der Waals surface area (Å²) in [5.41, 5.74) is 6.06. The van der Waals surface area contributed by atoms with Crippen molar-refractivity contribution < 1.29 is 9.59 Å². The molecule has 1 aliphatic rings. The van der Waals surface area contributed by atoms with E-state index in [1.807, 2.05) is 17.0 Å². The van der Waals surface area contributed by atoms with Crippen LogP contribution in [0, 0.1) is 0 Å². The number of rotatable bonds is 4. The molecule has 1 fully saturated rings. The second-order valence-corrected chi connectivity index (χ2v) is 5.73. The van der Waals surface area contributed by atoms with Crippen molar-refractivity contribution in [2.24, 2.45) is 5.73 Å². The van der Waals surface area contributed by atoms with E-state index >= 15 is 0 Å². The first-order chi connectivity index (χ1) is 9.08. The molecule has 1 aromatic rings. The highest BCUT2D eigenvalue weighted by molar-refractivity contribution is 9.10. The Kier molecular flexibility index (Phi) is 4.71. The number of hydrogen-bond donors (Lipinski definition) is 1. The molecule has 19 heavy (non-hydrogen) atoms. The van der Waals surface area contributed by atoms with Crippen LogP contribution in [-0.2, 0) is 4.79 Å². The van der Waals surface area contributed by atoms with Crippen LogP contribution in [0.2, 0.25) is 0 Å². The van der Waals surface area contributed by atoms with Crippen molar-refractivity contribution >= 4 is 27.6 Å². The van der Waals surface area contributed by atoms with Gasteiger partial charge in [-0.25, -0.2) is 0 Å². The van der Waals surface area contributed by atoms with Gasteiger partial charge in [0.2, 0.25) is 5.91 Å². The molecule has 2 rings (SSSR count). The van der Waals surface area contributed by atoms with Gasteiger partial charge in [0.05, 0.1) is 12.6 Å². The summed E-state index contributed by atoms with van der Waals surface area (Å²) >= 11 is 3.34. The predicted octanol–water partition coefficient (Wildman–Crippen LogP) is 1.97. The third-order valence-corrected chi connectivity index (χ3v) is 3.98. The number of nitrogens with zero attached hydrogens (tertiary/aromatic N) is 1. The van der Waals surface area contributed by atoms with E-state index in [-0.39, 0.29) is 24.3 Å². The summed E-state index contributed by atoms with van der Waals surface area (Å²) in [6, 6.07) is 6.96. The standard InChI is InChI=1S/C14H17BrN2O2/c15-11-6-4-10(5-7-11)13(18)9-17-8-2-1-3-12(17)14(16)19/h4-7,12H,1-3,8-9H2,(H2,16,19). The zero-order valence-electron chi connectivity index (χ0n) is 10.6. The third-order valence-electron chi connectivity index (χ3n) is 3.45. The number of primary amides is 1. The fraction of sp³-hybridized carbons (Fsp3) is 0.429. The van der Waals surface area contributed by atoms with E-state index < -0.39 is 0 Å². The van der Waals surface area contributed by atoms with Crippen LogP contribution in [0.4, 0.5) is 0 Å². The Labute approximate surface area is 121 Å². The number of likely N-dealkylation sites (tertiary alicyclic amines) is 1. The number of halogens is 1. The summed E-state index contributed by atoms with van der Waals surface area (Å²) in [6.45, 7) is 1.02. The Hall–Kier alpha value is -1.20. The largest absolute Gasteiger partial charge is 0.368 e. The summed E-state index contributed by atoms with van der Waals surface area (Å²) in [5.74, 6) is -0.302. The van der Waals surface area contributed by atoms with E-state index in [1.54, 1.807) is 12.1 Å². The quantitative estimate of drug-likeness (QED) is 0.861. The van der Waals surface area contributed by atoms with Crippen LogP contribution < -0.4 is 5.73 Å². The van der Waals surface area contributed by atoms with Gasteiger partial charge in [-0.2, -0.15) is 0 Å². The second kappa shape index (κ2) is 6.30. The van der Waals surface area contributed by atoms with Crippen molar-refractivity contribution in [3.63, 3.8) is 0 Å². The zero-order valence-corrected chi connectivity index (χ0v) is 12.2. The second-order valence-electron chi connectivity index (χ2n) is 4.81. The Bertz CT molecular complexity index is 473. The van der Waals surface area contributed by atoms with Gasteiger partial charge in [0.15, 0.2) is 5.78 Å². The molecule has 5 heteroatoms. The molecule has 1 aromatic carbocycles. The minimum atomic E-state index is -0.330. The SMILES string of the molecule is NC(=O)C1CCCCN1CC(=O)c1ccc(Br)cc1. The van der Waals surface area contributed by atoms with Gasteiger partial charge in [0.1, 0.15) is 0 Å². The lowest BCUT2D eigenvalue weighted by Gasteiger charge is -2.32. The Morgan fingerprint density at radius 2 is 1.95 bits per heavy atom. The number of carbonyl (C=O) groups excluding carboxylic acids is 2. The molecular weight excluding hydrogens is 308 g/mol. The molecule has 0 aromatic heterocycles. The first-order valence-electron chi connectivity index (χ1n) is 6.40. The van der Waals surface area contributed by atoms with Crippen molar-refractivity contribution in [2.75, 3.05) is 13.1 Å². The molecule has 1 aliphatic heterocycles. The smallest absolute Gasteiger partial charge is 0.234 e. The summed E-state index contributed by atoms with van der Waals surface area (Å²) in [4.78, 5) is 25.5. The van der Waals surface area contributed by atoms with Crippen molar-refractivity contribution in [1.29, 1.82) is 0 Å². The van der Waals surface area contributed by atoms with Gasteiger partial charge in [-0.3, -0.25) is 14.5 Å². The van der Waals surface area contributed by atoms with Crippen LogP contribution in [0.1, 0.15) is 29.6 Å². The number of Topliss-reactive ketones (excluding diaryl/α,β-unsaturated/α-hetero) is 1. The minimum Gasteiger partial charge on any atom is -0.368 e. The predicted molar refractivity (Wildman–Crippen MR) is 76.9 cm³/mol. The summed E-state index contributed by atoms with van der Waals surface area (Å²) < 4.78 is 0.942. The summed E-state index contributed by atoms with van der Waals surface area (Å²) in [6.07, 6.45) is 2.76. The summed E-state index contributed by atoms with van der Waals surface area (Å²) in [7, 11) is 0. The van der Waals surface area contributed by atoms with Crippen LogP contribution in [0.25, 0.3) is 0 Å². The van der Waals surface area contributed by atoms with E-state index in [2.05, 4.69) is 15.9 Å². The van der Waals surface area contributed by atoms with Crippen LogP contribution in [0.5, 0.6) is 0 Å². The Morgan fingerprint density at radius 3 is 2.58 bits per heavy atom. The number of hydrogen-bond acceptors (Lipinski definition) is 3.